The molecule has 1 aromatic rings. The van der Waals surface area contributed by atoms with Crippen LogP contribution in [0.3, 0.4) is 0 Å². The lowest BCUT2D eigenvalue weighted by Gasteiger charge is -2.05. The number of amides is 1. The molecule has 0 bridgehead atoms. The van der Waals surface area contributed by atoms with Crippen molar-refractivity contribution in [3.63, 3.8) is 0 Å². The Morgan fingerprint density at radius 1 is 1.61 bits per heavy atom. The molecule has 18 heavy (non-hydrogen) atoms. The van der Waals surface area contributed by atoms with E-state index in [1.807, 2.05) is 13.8 Å². The van der Waals surface area contributed by atoms with E-state index in [9.17, 15) is 4.79 Å². The van der Waals surface area contributed by atoms with Crippen LogP contribution in [-0.4, -0.2) is 15.7 Å². The molecule has 0 saturated heterocycles. The zero-order chi connectivity index (χ0) is 13.7. The van der Waals surface area contributed by atoms with E-state index in [4.69, 9.17) is 11.6 Å². The summed E-state index contributed by atoms with van der Waals surface area (Å²) in [5.41, 5.74) is 1.88. The first kappa shape index (κ1) is 14.3. The molecule has 1 rings (SSSR count). The van der Waals surface area contributed by atoms with Crippen LogP contribution in [0.4, 0.5) is 0 Å². The Morgan fingerprint density at radius 3 is 2.72 bits per heavy atom. The molecule has 0 unspecified atom stereocenters. The molecule has 5 heteroatoms. The lowest BCUT2D eigenvalue weighted by atomic mass is 10.2. The summed E-state index contributed by atoms with van der Waals surface area (Å²) in [4.78, 5) is 12.0. The molecule has 0 spiro atoms. The van der Waals surface area contributed by atoms with Crippen LogP contribution in [0.1, 0.15) is 23.0 Å². The average molecular weight is 266 g/mol. The third kappa shape index (κ3) is 3.34. The SMILES string of the molecule is C=CC(=CC(Cl)=CC)NC(=O)c1cnn(C)c1C. The molecule has 0 radical (unpaired) electrons. The number of hydrogen-bond donors (Lipinski definition) is 1. The molecule has 0 fully saturated rings. The van der Waals surface area contributed by atoms with Gasteiger partial charge in [-0.25, -0.2) is 0 Å². The van der Waals surface area contributed by atoms with Gasteiger partial charge >= 0.3 is 0 Å². The zero-order valence-corrected chi connectivity index (χ0v) is 11.5. The number of aromatic nitrogens is 2. The topological polar surface area (TPSA) is 46.9 Å². The van der Waals surface area contributed by atoms with E-state index < -0.39 is 0 Å². The minimum Gasteiger partial charge on any atom is -0.322 e. The molecule has 1 heterocycles. The predicted molar refractivity (Wildman–Crippen MR) is 73.3 cm³/mol. The third-order valence-corrected chi connectivity index (χ3v) is 2.85. The van der Waals surface area contributed by atoms with E-state index in [-0.39, 0.29) is 5.91 Å². The highest BCUT2D eigenvalue weighted by atomic mass is 35.5. The maximum atomic E-state index is 12.0. The second-order valence-corrected chi connectivity index (χ2v) is 4.14. The Hall–Kier alpha value is -1.81. The van der Waals surface area contributed by atoms with E-state index in [1.165, 1.54) is 12.3 Å². The predicted octanol–water partition coefficient (Wildman–Crippen LogP) is 2.67. The summed E-state index contributed by atoms with van der Waals surface area (Å²) < 4.78 is 1.64. The van der Waals surface area contributed by atoms with Gasteiger partial charge in [-0.15, -0.1) is 0 Å². The number of nitrogens with zero attached hydrogens (tertiary/aromatic N) is 2. The Kier molecular flexibility index (Phi) is 4.92. The second kappa shape index (κ2) is 6.21. The van der Waals surface area contributed by atoms with Crippen LogP contribution < -0.4 is 5.32 Å². The fraction of sp³-hybridized carbons (Fsp3) is 0.231. The van der Waals surface area contributed by atoms with Crippen molar-refractivity contribution < 1.29 is 4.79 Å². The molecule has 0 atom stereocenters. The summed E-state index contributed by atoms with van der Waals surface area (Å²) in [5.74, 6) is -0.229. The summed E-state index contributed by atoms with van der Waals surface area (Å²) in [5, 5.41) is 7.28. The van der Waals surface area contributed by atoms with Gasteiger partial charge in [0.15, 0.2) is 0 Å². The van der Waals surface area contributed by atoms with Crippen molar-refractivity contribution in [2.45, 2.75) is 13.8 Å². The summed E-state index contributed by atoms with van der Waals surface area (Å²) in [7, 11) is 1.78. The molecular formula is C13H16ClN3O. The molecule has 0 aliphatic carbocycles. The van der Waals surface area contributed by atoms with Crippen LogP contribution in [0, 0.1) is 6.92 Å². The maximum Gasteiger partial charge on any atom is 0.259 e. The molecule has 4 nitrogen and oxygen atoms in total. The quantitative estimate of drug-likeness (QED) is 0.851. The Labute approximate surface area is 112 Å². The van der Waals surface area contributed by atoms with Gasteiger partial charge < -0.3 is 5.32 Å². The maximum absolute atomic E-state index is 12.0. The molecule has 0 aromatic carbocycles. The largest absolute Gasteiger partial charge is 0.322 e. The highest BCUT2D eigenvalue weighted by molar-refractivity contribution is 6.31. The standard InChI is InChI=1S/C13H16ClN3O/c1-5-10(14)7-11(6-2)16-13(18)12-8-15-17(4)9(12)3/h5-8H,2H2,1,3-4H3,(H,16,18). The van der Waals surface area contributed by atoms with Crippen LogP contribution in [0.5, 0.6) is 0 Å². The van der Waals surface area contributed by atoms with Crippen LogP contribution in [0.2, 0.25) is 0 Å². The van der Waals surface area contributed by atoms with Crippen molar-refractivity contribution in [1.29, 1.82) is 0 Å². The van der Waals surface area contributed by atoms with Crippen molar-refractivity contribution >= 4 is 17.5 Å². The van der Waals surface area contributed by atoms with Crippen molar-refractivity contribution in [1.82, 2.24) is 15.1 Å². The van der Waals surface area contributed by atoms with Crippen molar-refractivity contribution in [2.75, 3.05) is 0 Å². The molecule has 1 aromatic heterocycles. The number of allylic oxidation sites excluding steroid dienone is 4. The fourth-order valence-corrected chi connectivity index (χ4v) is 1.42. The van der Waals surface area contributed by atoms with Gasteiger partial charge in [0.2, 0.25) is 0 Å². The first-order valence-electron chi connectivity index (χ1n) is 5.45. The summed E-state index contributed by atoms with van der Waals surface area (Å²) in [6.45, 7) is 7.28. The second-order valence-electron chi connectivity index (χ2n) is 3.70. The van der Waals surface area contributed by atoms with Gasteiger partial charge in [-0.3, -0.25) is 9.48 Å². The molecular weight excluding hydrogens is 250 g/mol. The van der Waals surface area contributed by atoms with Gasteiger partial charge in [-0.1, -0.05) is 24.3 Å². The lowest BCUT2D eigenvalue weighted by molar-refractivity contribution is 0.0966. The highest BCUT2D eigenvalue weighted by Crippen LogP contribution is 2.09. The number of nitrogens with one attached hydrogen (secondary N) is 1. The van der Waals surface area contributed by atoms with Gasteiger partial charge in [-0.2, -0.15) is 5.10 Å². The Morgan fingerprint density at radius 2 is 2.28 bits per heavy atom. The number of rotatable bonds is 4. The first-order valence-corrected chi connectivity index (χ1v) is 5.83. The first-order chi connectivity index (χ1) is 8.49. The average Bonchev–Trinajstić information content (AvgIpc) is 2.68. The van der Waals surface area contributed by atoms with Gasteiger partial charge in [0.25, 0.3) is 5.91 Å². The summed E-state index contributed by atoms with van der Waals surface area (Å²) in [6.07, 6.45) is 6.43. The van der Waals surface area contributed by atoms with Crippen LogP contribution in [0.25, 0.3) is 0 Å². The minimum absolute atomic E-state index is 0.229. The number of aryl methyl sites for hydroxylation is 1. The smallest absolute Gasteiger partial charge is 0.259 e. The summed E-state index contributed by atoms with van der Waals surface area (Å²) >= 11 is 5.87. The van der Waals surface area contributed by atoms with Gasteiger partial charge in [0.05, 0.1) is 11.8 Å². The van der Waals surface area contributed by atoms with Crippen LogP contribution >= 0.6 is 11.6 Å². The van der Waals surface area contributed by atoms with Crippen molar-refractivity contribution in [3.05, 3.63) is 53.0 Å². The fourth-order valence-electron chi connectivity index (χ4n) is 1.30. The zero-order valence-electron chi connectivity index (χ0n) is 10.7. The monoisotopic (exact) mass is 265 g/mol. The Balaban J connectivity index is 2.90. The van der Waals surface area contributed by atoms with Crippen LogP contribution in [0.15, 0.2) is 41.7 Å². The van der Waals surface area contributed by atoms with Crippen molar-refractivity contribution in [2.24, 2.45) is 7.05 Å². The van der Waals surface area contributed by atoms with E-state index in [2.05, 4.69) is 17.0 Å². The molecule has 0 saturated carbocycles. The van der Waals surface area contributed by atoms with E-state index in [1.54, 1.807) is 23.9 Å². The van der Waals surface area contributed by atoms with E-state index >= 15 is 0 Å². The molecule has 96 valence electrons. The van der Waals surface area contributed by atoms with Crippen molar-refractivity contribution in [3.8, 4) is 0 Å². The number of carbonyl (C=O) groups excluding carboxylic acids is 1. The van der Waals surface area contributed by atoms with Crippen LogP contribution in [-0.2, 0) is 7.05 Å². The number of hydrogen-bond acceptors (Lipinski definition) is 2. The minimum atomic E-state index is -0.229. The summed E-state index contributed by atoms with van der Waals surface area (Å²) in [6, 6.07) is 0. The van der Waals surface area contributed by atoms with Gasteiger partial charge in [0.1, 0.15) is 0 Å². The Bertz CT molecular complexity index is 526. The number of carbonyl (C=O) groups is 1. The molecule has 0 aliphatic heterocycles. The highest BCUT2D eigenvalue weighted by Gasteiger charge is 2.12. The lowest BCUT2D eigenvalue weighted by Crippen LogP contribution is -2.22. The number of halogens is 1. The van der Waals surface area contributed by atoms with E-state index in [0.29, 0.717) is 16.3 Å². The van der Waals surface area contributed by atoms with E-state index in [0.717, 1.165) is 5.69 Å². The van der Waals surface area contributed by atoms with Gasteiger partial charge in [0, 0.05) is 23.5 Å². The third-order valence-electron chi connectivity index (χ3n) is 2.53. The molecule has 0 aliphatic rings. The molecule has 1 N–H and O–H groups in total. The molecule has 1 amide bonds. The van der Waals surface area contributed by atoms with Gasteiger partial charge in [-0.05, 0) is 26.0 Å². The normalized spacial score (nSPS) is 12.4.